The van der Waals surface area contributed by atoms with Crippen molar-refractivity contribution in [3.05, 3.63) is 59.9 Å². The molecule has 0 aliphatic heterocycles. The summed E-state index contributed by atoms with van der Waals surface area (Å²) in [6.45, 7) is 3.69. The monoisotopic (exact) mass is 353 g/mol. The first kappa shape index (κ1) is 17.9. The SMILES string of the molecule is COc1nc(-c2ccc3cccc(F)c3c2)ccc1C(C(=O)O)C(C)C. The maximum absolute atomic E-state index is 14.1. The summed E-state index contributed by atoms with van der Waals surface area (Å²) in [5.74, 6) is -1.75. The quantitative estimate of drug-likeness (QED) is 0.711. The second-order valence-corrected chi connectivity index (χ2v) is 6.53. The van der Waals surface area contributed by atoms with Gasteiger partial charge in [-0.15, -0.1) is 0 Å². The Morgan fingerprint density at radius 1 is 1.15 bits per heavy atom. The molecule has 1 unspecified atom stereocenters. The molecule has 0 saturated heterocycles. The van der Waals surface area contributed by atoms with Crippen LogP contribution in [0.4, 0.5) is 4.39 Å². The zero-order valence-corrected chi connectivity index (χ0v) is 14.9. The van der Waals surface area contributed by atoms with Crippen LogP contribution in [0.3, 0.4) is 0 Å². The first-order chi connectivity index (χ1) is 12.4. The highest BCUT2D eigenvalue weighted by Gasteiger charge is 2.27. The summed E-state index contributed by atoms with van der Waals surface area (Å²) >= 11 is 0. The van der Waals surface area contributed by atoms with Crippen LogP contribution in [0.25, 0.3) is 22.0 Å². The molecule has 0 aliphatic carbocycles. The van der Waals surface area contributed by atoms with E-state index < -0.39 is 11.9 Å². The van der Waals surface area contributed by atoms with Crippen LogP contribution in [0.1, 0.15) is 25.3 Å². The van der Waals surface area contributed by atoms with Gasteiger partial charge in [-0.05, 0) is 29.5 Å². The number of fused-ring (bicyclic) bond motifs is 1. The van der Waals surface area contributed by atoms with Crippen LogP contribution in [0.5, 0.6) is 5.88 Å². The molecule has 26 heavy (non-hydrogen) atoms. The minimum Gasteiger partial charge on any atom is -0.481 e. The average Bonchev–Trinajstić information content (AvgIpc) is 2.61. The van der Waals surface area contributed by atoms with E-state index in [0.29, 0.717) is 16.6 Å². The van der Waals surface area contributed by atoms with E-state index in [1.807, 2.05) is 32.0 Å². The van der Waals surface area contributed by atoms with Gasteiger partial charge >= 0.3 is 5.97 Å². The molecule has 0 radical (unpaired) electrons. The van der Waals surface area contributed by atoms with E-state index in [1.165, 1.54) is 13.2 Å². The van der Waals surface area contributed by atoms with Crippen molar-refractivity contribution in [3.8, 4) is 17.1 Å². The molecule has 2 aromatic carbocycles. The van der Waals surface area contributed by atoms with Crippen molar-refractivity contribution >= 4 is 16.7 Å². The lowest BCUT2D eigenvalue weighted by Gasteiger charge is -2.19. The molecular formula is C21H20FNO3. The molecule has 0 aliphatic rings. The fraction of sp³-hybridized carbons (Fsp3) is 0.238. The van der Waals surface area contributed by atoms with Crippen molar-refractivity contribution in [2.24, 2.45) is 5.92 Å². The summed E-state index contributed by atoms with van der Waals surface area (Å²) in [4.78, 5) is 16.1. The molecule has 1 atom stereocenters. The highest BCUT2D eigenvalue weighted by molar-refractivity contribution is 5.87. The summed E-state index contributed by atoms with van der Waals surface area (Å²) in [5, 5.41) is 10.9. The number of aromatic nitrogens is 1. The molecule has 1 N–H and O–H groups in total. The van der Waals surface area contributed by atoms with Gasteiger partial charge in [-0.25, -0.2) is 9.37 Å². The van der Waals surface area contributed by atoms with Gasteiger partial charge in [0.05, 0.1) is 18.7 Å². The van der Waals surface area contributed by atoms with Crippen LogP contribution in [0, 0.1) is 11.7 Å². The van der Waals surface area contributed by atoms with Crippen molar-refractivity contribution in [1.29, 1.82) is 0 Å². The molecule has 0 amide bonds. The summed E-state index contributed by atoms with van der Waals surface area (Å²) in [6.07, 6.45) is 0. The number of pyridine rings is 1. The van der Waals surface area contributed by atoms with E-state index in [-0.39, 0.29) is 17.6 Å². The molecule has 3 aromatic rings. The molecular weight excluding hydrogens is 333 g/mol. The summed E-state index contributed by atoms with van der Waals surface area (Å²) in [5.41, 5.74) is 1.87. The van der Waals surface area contributed by atoms with Crippen LogP contribution < -0.4 is 4.74 Å². The maximum Gasteiger partial charge on any atom is 0.311 e. The fourth-order valence-corrected chi connectivity index (χ4v) is 3.18. The number of carboxylic acids is 1. The predicted molar refractivity (Wildman–Crippen MR) is 98.9 cm³/mol. The number of benzene rings is 2. The van der Waals surface area contributed by atoms with Gasteiger partial charge in [0.15, 0.2) is 0 Å². The Kier molecular flexibility index (Phi) is 4.89. The van der Waals surface area contributed by atoms with E-state index in [1.54, 1.807) is 24.3 Å². The lowest BCUT2D eigenvalue weighted by Crippen LogP contribution is -2.18. The largest absolute Gasteiger partial charge is 0.481 e. The number of aliphatic carboxylic acids is 1. The number of hydrogen-bond acceptors (Lipinski definition) is 3. The number of ether oxygens (including phenoxy) is 1. The molecule has 0 fully saturated rings. The Hall–Kier alpha value is -2.95. The van der Waals surface area contributed by atoms with E-state index in [0.717, 1.165) is 10.9 Å². The van der Waals surface area contributed by atoms with Crippen molar-refractivity contribution in [2.45, 2.75) is 19.8 Å². The Bertz CT molecular complexity index is 969. The zero-order valence-electron chi connectivity index (χ0n) is 14.9. The molecule has 1 heterocycles. The molecule has 0 spiro atoms. The summed E-state index contributed by atoms with van der Waals surface area (Å²) in [7, 11) is 1.47. The van der Waals surface area contributed by atoms with Crippen molar-refractivity contribution in [2.75, 3.05) is 7.11 Å². The van der Waals surface area contributed by atoms with E-state index in [2.05, 4.69) is 4.98 Å². The average molecular weight is 353 g/mol. The molecule has 4 nitrogen and oxygen atoms in total. The van der Waals surface area contributed by atoms with Gasteiger partial charge in [0.2, 0.25) is 5.88 Å². The van der Waals surface area contributed by atoms with Gasteiger partial charge < -0.3 is 9.84 Å². The second kappa shape index (κ2) is 7.12. The fourth-order valence-electron chi connectivity index (χ4n) is 3.18. The van der Waals surface area contributed by atoms with Gasteiger partial charge in [-0.3, -0.25) is 4.79 Å². The third-order valence-electron chi connectivity index (χ3n) is 4.48. The van der Waals surface area contributed by atoms with Gasteiger partial charge in [0.1, 0.15) is 5.82 Å². The zero-order chi connectivity index (χ0) is 18.8. The second-order valence-electron chi connectivity index (χ2n) is 6.53. The molecule has 0 bridgehead atoms. The number of hydrogen-bond donors (Lipinski definition) is 1. The number of halogens is 1. The normalized spacial score (nSPS) is 12.3. The Labute approximate surface area is 151 Å². The summed E-state index contributed by atoms with van der Waals surface area (Å²) in [6, 6.07) is 13.9. The lowest BCUT2D eigenvalue weighted by molar-refractivity contribution is -0.139. The lowest BCUT2D eigenvalue weighted by atomic mass is 9.89. The highest BCUT2D eigenvalue weighted by Crippen LogP contribution is 2.34. The van der Waals surface area contributed by atoms with Gasteiger partial charge in [-0.1, -0.05) is 44.2 Å². The van der Waals surface area contributed by atoms with Crippen LogP contribution in [0.15, 0.2) is 48.5 Å². The highest BCUT2D eigenvalue weighted by atomic mass is 19.1. The molecule has 134 valence electrons. The van der Waals surface area contributed by atoms with Crippen molar-refractivity contribution < 1.29 is 19.0 Å². The minimum atomic E-state index is -0.916. The first-order valence-corrected chi connectivity index (χ1v) is 8.38. The number of methoxy groups -OCH3 is 1. The molecule has 1 aromatic heterocycles. The number of rotatable bonds is 5. The molecule has 3 rings (SSSR count). The van der Waals surface area contributed by atoms with E-state index >= 15 is 0 Å². The predicted octanol–water partition coefficient (Wildman–Crippen LogP) is 4.87. The molecule has 0 saturated carbocycles. The number of nitrogens with zero attached hydrogens (tertiary/aromatic N) is 1. The standard InChI is InChI=1S/C21H20FNO3/c1-12(2)19(21(24)25)15-9-10-18(23-20(15)26-3)14-8-7-13-5-4-6-17(22)16(13)11-14/h4-12,19H,1-3H3,(H,24,25). The van der Waals surface area contributed by atoms with Crippen LogP contribution in [-0.2, 0) is 4.79 Å². The Balaban J connectivity index is 2.10. The molecule has 5 heteroatoms. The maximum atomic E-state index is 14.1. The minimum absolute atomic E-state index is 0.108. The first-order valence-electron chi connectivity index (χ1n) is 8.38. The number of carboxylic acid groups (broad SMARTS) is 1. The summed E-state index contributed by atoms with van der Waals surface area (Å²) < 4.78 is 19.4. The Morgan fingerprint density at radius 3 is 2.58 bits per heavy atom. The third-order valence-corrected chi connectivity index (χ3v) is 4.48. The van der Waals surface area contributed by atoms with Gasteiger partial charge in [-0.2, -0.15) is 0 Å². The van der Waals surface area contributed by atoms with Crippen molar-refractivity contribution in [1.82, 2.24) is 4.98 Å². The van der Waals surface area contributed by atoms with Crippen LogP contribution in [-0.4, -0.2) is 23.2 Å². The van der Waals surface area contributed by atoms with E-state index in [9.17, 15) is 14.3 Å². The van der Waals surface area contributed by atoms with Gasteiger partial charge in [0.25, 0.3) is 0 Å². The third kappa shape index (κ3) is 3.25. The van der Waals surface area contributed by atoms with Crippen LogP contribution >= 0.6 is 0 Å². The topological polar surface area (TPSA) is 59.4 Å². The number of carbonyl (C=O) groups is 1. The van der Waals surface area contributed by atoms with E-state index in [4.69, 9.17) is 4.74 Å². The van der Waals surface area contributed by atoms with Crippen molar-refractivity contribution in [3.63, 3.8) is 0 Å². The van der Waals surface area contributed by atoms with Crippen LogP contribution in [0.2, 0.25) is 0 Å². The Morgan fingerprint density at radius 2 is 1.92 bits per heavy atom. The smallest absolute Gasteiger partial charge is 0.311 e. The van der Waals surface area contributed by atoms with Gasteiger partial charge in [0, 0.05) is 16.5 Å².